The average Bonchev–Trinajstić information content (AvgIpc) is 2.14. The summed E-state index contributed by atoms with van der Waals surface area (Å²) < 4.78 is 4.87. The van der Waals surface area contributed by atoms with Gasteiger partial charge in [0, 0.05) is 13.0 Å². The topological polar surface area (TPSA) is 47.3 Å². The van der Waals surface area contributed by atoms with Crippen molar-refractivity contribution in [3.63, 3.8) is 0 Å². The Bertz CT molecular complexity index is 120. The SMILES string of the molecule is COC1=C(N)CCN1. The number of hydrogen-bond acceptors (Lipinski definition) is 3. The molecule has 3 heteroatoms. The first-order valence-corrected chi connectivity index (χ1v) is 2.61. The molecule has 0 bridgehead atoms. The molecular formula is C5H10N2O. The highest BCUT2D eigenvalue weighted by atomic mass is 16.5. The van der Waals surface area contributed by atoms with E-state index in [1.807, 2.05) is 0 Å². The Morgan fingerprint density at radius 1 is 1.75 bits per heavy atom. The fourth-order valence-corrected chi connectivity index (χ4v) is 0.741. The van der Waals surface area contributed by atoms with Gasteiger partial charge in [0.05, 0.1) is 12.8 Å². The maximum absolute atomic E-state index is 5.48. The highest BCUT2D eigenvalue weighted by molar-refractivity contribution is 5.08. The fraction of sp³-hybridized carbons (Fsp3) is 0.600. The van der Waals surface area contributed by atoms with Crippen LogP contribution in [-0.2, 0) is 4.74 Å². The fourth-order valence-electron chi connectivity index (χ4n) is 0.741. The Hall–Kier alpha value is -0.860. The van der Waals surface area contributed by atoms with Crippen molar-refractivity contribution in [3.05, 3.63) is 11.6 Å². The monoisotopic (exact) mass is 114 g/mol. The molecule has 0 aromatic heterocycles. The van der Waals surface area contributed by atoms with Gasteiger partial charge in [0.25, 0.3) is 0 Å². The molecule has 0 aliphatic carbocycles. The Kier molecular flexibility index (Phi) is 1.28. The van der Waals surface area contributed by atoms with Crippen LogP contribution in [0.15, 0.2) is 11.6 Å². The summed E-state index contributed by atoms with van der Waals surface area (Å²) in [6.45, 7) is 0.912. The third kappa shape index (κ3) is 0.710. The molecule has 0 radical (unpaired) electrons. The average molecular weight is 114 g/mol. The second-order valence-electron chi connectivity index (χ2n) is 1.74. The smallest absolute Gasteiger partial charge is 0.205 e. The molecule has 0 aromatic carbocycles. The van der Waals surface area contributed by atoms with Crippen molar-refractivity contribution >= 4 is 0 Å². The van der Waals surface area contributed by atoms with Crippen LogP contribution in [0.2, 0.25) is 0 Å². The van der Waals surface area contributed by atoms with Crippen molar-refractivity contribution in [3.8, 4) is 0 Å². The van der Waals surface area contributed by atoms with Gasteiger partial charge >= 0.3 is 0 Å². The molecule has 0 spiro atoms. The van der Waals surface area contributed by atoms with Gasteiger partial charge in [0.2, 0.25) is 5.88 Å². The highest BCUT2D eigenvalue weighted by Gasteiger charge is 2.08. The molecule has 0 unspecified atom stereocenters. The zero-order valence-corrected chi connectivity index (χ0v) is 4.90. The maximum Gasteiger partial charge on any atom is 0.205 e. The van der Waals surface area contributed by atoms with Gasteiger partial charge in [0.15, 0.2) is 0 Å². The molecule has 0 saturated carbocycles. The van der Waals surface area contributed by atoms with Crippen LogP contribution in [0.1, 0.15) is 6.42 Å². The van der Waals surface area contributed by atoms with Crippen molar-refractivity contribution in [2.45, 2.75) is 6.42 Å². The zero-order valence-electron chi connectivity index (χ0n) is 4.90. The van der Waals surface area contributed by atoms with E-state index in [0.717, 1.165) is 24.5 Å². The summed E-state index contributed by atoms with van der Waals surface area (Å²) in [4.78, 5) is 0. The number of rotatable bonds is 1. The van der Waals surface area contributed by atoms with Gasteiger partial charge in [-0.3, -0.25) is 0 Å². The van der Waals surface area contributed by atoms with Crippen LogP contribution in [0.3, 0.4) is 0 Å². The lowest BCUT2D eigenvalue weighted by molar-refractivity contribution is 0.267. The predicted octanol–water partition coefficient (Wildman–Crippen LogP) is -0.246. The van der Waals surface area contributed by atoms with E-state index in [-0.39, 0.29) is 0 Å². The molecule has 46 valence electrons. The predicted molar refractivity (Wildman–Crippen MR) is 30.8 cm³/mol. The van der Waals surface area contributed by atoms with Crippen LogP contribution in [0.5, 0.6) is 0 Å². The first-order chi connectivity index (χ1) is 3.84. The first kappa shape index (κ1) is 5.28. The second-order valence-corrected chi connectivity index (χ2v) is 1.74. The summed E-state index contributed by atoms with van der Waals surface area (Å²) in [5.41, 5.74) is 6.31. The van der Waals surface area contributed by atoms with E-state index >= 15 is 0 Å². The number of hydrogen-bond donors (Lipinski definition) is 2. The summed E-state index contributed by atoms with van der Waals surface area (Å²) in [5, 5.41) is 2.99. The van der Waals surface area contributed by atoms with Crippen LogP contribution < -0.4 is 11.1 Å². The standard InChI is InChI=1S/C5H10N2O/c1-8-5-4(6)2-3-7-5/h7H,2-3,6H2,1H3. The number of nitrogens with two attached hydrogens (primary N) is 1. The molecular weight excluding hydrogens is 104 g/mol. The number of nitrogens with one attached hydrogen (secondary N) is 1. The van der Waals surface area contributed by atoms with E-state index in [4.69, 9.17) is 10.5 Å². The van der Waals surface area contributed by atoms with E-state index in [1.54, 1.807) is 7.11 Å². The summed E-state index contributed by atoms with van der Waals surface area (Å²) in [7, 11) is 1.61. The molecule has 0 amide bonds. The molecule has 8 heavy (non-hydrogen) atoms. The van der Waals surface area contributed by atoms with Gasteiger partial charge in [-0.25, -0.2) is 0 Å². The molecule has 3 nitrogen and oxygen atoms in total. The summed E-state index contributed by atoms with van der Waals surface area (Å²) in [6, 6.07) is 0. The maximum atomic E-state index is 5.48. The van der Waals surface area contributed by atoms with E-state index in [2.05, 4.69) is 5.32 Å². The molecule has 1 heterocycles. The zero-order chi connectivity index (χ0) is 5.98. The van der Waals surface area contributed by atoms with Gasteiger partial charge in [-0.05, 0) is 0 Å². The summed E-state index contributed by atoms with van der Waals surface area (Å²) >= 11 is 0. The lowest BCUT2D eigenvalue weighted by Gasteiger charge is -1.99. The Labute approximate surface area is 48.5 Å². The Balaban J connectivity index is 2.58. The van der Waals surface area contributed by atoms with Crippen LogP contribution in [0, 0.1) is 0 Å². The minimum absolute atomic E-state index is 0.741. The first-order valence-electron chi connectivity index (χ1n) is 2.61. The molecule has 0 saturated heterocycles. The van der Waals surface area contributed by atoms with E-state index in [9.17, 15) is 0 Å². The van der Waals surface area contributed by atoms with Gasteiger partial charge in [-0.2, -0.15) is 0 Å². The van der Waals surface area contributed by atoms with E-state index in [1.165, 1.54) is 0 Å². The molecule has 0 aromatic rings. The largest absolute Gasteiger partial charge is 0.481 e. The highest BCUT2D eigenvalue weighted by Crippen LogP contribution is 2.06. The molecule has 1 aliphatic heterocycles. The lowest BCUT2D eigenvalue weighted by Crippen LogP contribution is -2.09. The second kappa shape index (κ2) is 1.94. The van der Waals surface area contributed by atoms with Crippen LogP contribution in [-0.4, -0.2) is 13.7 Å². The van der Waals surface area contributed by atoms with Gasteiger partial charge in [-0.15, -0.1) is 0 Å². The molecule has 1 aliphatic rings. The normalized spacial score (nSPS) is 18.6. The molecule has 3 N–H and O–H groups in total. The minimum Gasteiger partial charge on any atom is -0.481 e. The molecule has 1 rings (SSSR count). The third-order valence-electron chi connectivity index (χ3n) is 1.18. The van der Waals surface area contributed by atoms with Crippen molar-refractivity contribution in [1.29, 1.82) is 0 Å². The Morgan fingerprint density at radius 2 is 2.50 bits per heavy atom. The minimum atomic E-state index is 0.741. The lowest BCUT2D eigenvalue weighted by atomic mass is 10.4. The summed E-state index contributed by atoms with van der Waals surface area (Å²) in [6.07, 6.45) is 0.906. The van der Waals surface area contributed by atoms with Crippen molar-refractivity contribution in [1.82, 2.24) is 5.32 Å². The van der Waals surface area contributed by atoms with Gasteiger partial charge < -0.3 is 15.8 Å². The van der Waals surface area contributed by atoms with E-state index in [0.29, 0.717) is 0 Å². The van der Waals surface area contributed by atoms with Crippen molar-refractivity contribution in [2.75, 3.05) is 13.7 Å². The van der Waals surface area contributed by atoms with Gasteiger partial charge in [-0.1, -0.05) is 0 Å². The third-order valence-corrected chi connectivity index (χ3v) is 1.18. The molecule has 0 atom stereocenters. The Morgan fingerprint density at radius 3 is 2.75 bits per heavy atom. The van der Waals surface area contributed by atoms with Crippen molar-refractivity contribution in [2.24, 2.45) is 5.73 Å². The quantitative estimate of drug-likeness (QED) is 0.494. The van der Waals surface area contributed by atoms with Crippen LogP contribution >= 0.6 is 0 Å². The van der Waals surface area contributed by atoms with Crippen molar-refractivity contribution < 1.29 is 4.74 Å². The molecule has 0 fully saturated rings. The number of ether oxygens (including phenoxy) is 1. The van der Waals surface area contributed by atoms with Crippen LogP contribution in [0.4, 0.5) is 0 Å². The number of methoxy groups -OCH3 is 1. The summed E-state index contributed by atoms with van der Waals surface area (Å²) in [5.74, 6) is 0.741. The van der Waals surface area contributed by atoms with Gasteiger partial charge in [0.1, 0.15) is 0 Å². The van der Waals surface area contributed by atoms with Crippen LogP contribution in [0.25, 0.3) is 0 Å². The van der Waals surface area contributed by atoms with E-state index < -0.39 is 0 Å².